The number of oxazole rings is 1. The fourth-order valence-electron chi connectivity index (χ4n) is 5.70. The average Bonchev–Trinajstić information content (AvgIpc) is 3.31. The Morgan fingerprint density at radius 1 is 1.30 bits per heavy atom. The van der Waals surface area contributed by atoms with E-state index < -0.39 is 15.3 Å². The van der Waals surface area contributed by atoms with Crippen molar-refractivity contribution >= 4 is 43.0 Å². The third-order valence-corrected chi connectivity index (χ3v) is 10.6. The number of carbonyl (C=O) groups is 1. The molecule has 1 amide bonds. The predicted molar refractivity (Wildman–Crippen MR) is 142 cm³/mol. The monoisotopic (exact) mass is 582 g/mol. The second kappa shape index (κ2) is 9.22. The van der Waals surface area contributed by atoms with Crippen molar-refractivity contribution in [3.05, 3.63) is 51.0 Å². The highest BCUT2D eigenvalue weighted by molar-refractivity contribution is 9.10. The molecular formula is C27H27BrN4O4S. The number of hydrogen-bond acceptors (Lipinski definition) is 7. The van der Waals surface area contributed by atoms with Crippen LogP contribution in [0.3, 0.4) is 0 Å². The molecule has 0 bridgehead atoms. The van der Waals surface area contributed by atoms with Crippen LogP contribution in [0.5, 0.6) is 0 Å². The van der Waals surface area contributed by atoms with Gasteiger partial charge in [-0.2, -0.15) is 5.26 Å². The van der Waals surface area contributed by atoms with Gasteiger partial charge in [0.15, 0.2) is 5.58 Å². The number of nitrogens with one attached hydrogen (secondary N) is 1. The molecule has 2 atom stereocenters. The van der Waals surface area contributed by atoms with Crippen molar-refractivity contribution in [2.75, 3.05) is 19.6 Å². The van der Waals surface area contributed by atoms with E-state index in [1.165, 1.54) is 0 Å². The van der Waals surface area contributed by atoms with Gasteiger partial charge in [0.25, 0.3) is 0 Å². The Hall–Kier alpha value is -2.74. The molecule has 2 aliphatic carbocycles. The molecule has 6 rings (SSSR count). The zero-order valence-electron chi connectivity index (χ0n) is 20.5. The summed E-state index contributed by atoms with van der Waals surface area (Å²) in [5.41, 5.74) is 5.83. The van der Waals surface area contributed by atoms with Crippen molar-refractivity contribution in [2.45, 2.75) is 50.2 Å². The molecule has 2 aromatic carbocycles. The fourth-order valence-corrected chi connectivity index (χ4v) is 7.44. The van der Waals surface area contributed by atoms with Crippen LogP contribution in [0.1, 0.15) is 53.9 Å². The first kappa shape index (κ1) is 24.6. The van der Waals surface area contributed by atoms with E-state index in [-0.39, 0.29) is 17.7 Å². The molecule has 192 valence electrons. The van der Waals surface area contributed by atoms with Gasteiger partial charge in [0.05, 0.1) is 11.2 Å². The summed E-state index contributed by atoms with van der Waals surface area (Å²) in [6.45, 7) is 4.05. The number of nitrogens with zero attached hydrogens (tertiary/aromatic N) is 3. The lowest BCUT2D eigenvalue weighted by molar-refractivity contribution is -0.122. The van der Waals surface area contributed by atoms with Gasteiger partial charge in [0.2, 0.25) is 21.8 Å². The lowest BCUT2D eigenvalue weighted by atomic mass is 9.97. The number of amides is 1. The zero-order valence-corrected chi connectivity index (χ0v) is 22.9. The molecular weight excluding hydrogens is 556 g/mol. The molecule has 3 aromatic rings. The number of sulfonamides is 1. The van der Waals surface area contributed by atoms with Gasteiger partial charge >= 0.3 is 0 Å². The zero-order chi connectivity index (χ0) is 25.9. The summed E-state index contributed by atoms with van der Waals surface area (Å²) in [7, 11) is -3.52. The van der Waals surface area contributed by atoms with Crippen LogP contribution in [0, 0.1) is 24.2 Å². The van der Waals surface area contributed by atoms with E-state index in [2.05, 4.69) is 37.7 Å². The van der Waals surface area contributed by atoms with Gasteiger partial charge in [-0.05, 0) is 86.4 Å². The smallest absolute Gasteiger partial charge is 0.237 e. The average molecular weight is 584 g/mol. The first-order chi connectivity index (χ1) is 17.7. The number of halogens is 1. The maximum atomic E-state index is 12.6. The number of carbonyl (C=O) groups excluding carboxylic acids is 1. The number of hydrogen-bond donors (Lipinski definition) is 1. The Bertz CT molecular complexity index is 1570. The Labute approximate surface area is 224 Å². The van der Waals surface area contributed by atoms with Crippen LogP contribution in [0.15, 0.2) is 33.2 Å². The van der Waals surface area contributed by atoms with Gasteiger partial charge in [0.1, 0.15) is 17.1 Å². The molecule has 1 N–H and O–H groups in total. The Kier molecular flexibility index (Phi) is 6.13. The minimum Gasteiger partial charge on any atom is -0.435 e. The highest BCUT2D eigenvalue weighted by Gasteiger charge is 2.39. The molecule has 37 heavy (non-hydrogen) atoms. The SMILES string of the molecule is Cc1c(Br)cccc1-c1nc2cc3c(c(C#N)c2o1)CCC3CN1CC[C@@H](C(=O)NS(=O)(=O)C2CC2)C1. The van der Waals surface area contributed by atoms with E-state index in [1.54, 1.807) is 0 Å². The summed E-state index contributed by atoms with van der Waals surface area (Å²) >= 11 is 3.56. The maximum absolute atomic E-state index is 12.6. The fraction of sp³-hybridized carbons (Fsp3) is 0.444. The van der Waals surface area contributed by atoms with Gasteiger partial charge in [-0.15, -0.1) is 0 Å². The molecule has 8 nitrogen and oxygen atoms in total. The van der Waals surface area contributed by atoms with Crippen LogP contribution in [-0.4, -0.2) is 49.1 Å². The van der Waals surface area contributed by atoms with Crippen molar-refractivity contribution in [1.82, 2.24) is 14.6 Å². The number of rotatable bonds is 6. The van der Waals surface area contributed by atoms with Crippen molar-refractivity contribution in [1.29, 1.82) is 5.26 Å². The molecule has 1 saturated carbocycles. The molecule has 1 unspecified atom stereocenters. The minimum absolute atomic E-state index is 0.219. The second-order valence-corrected chi connectivity index (χ2v) is 13.2. The predicted octanol–water partition coefficient (Wildman–Crippen LogP) is 4.40. The number of benzene rings is 2. The number of fused-ring (bicyclic) bond motifs is 2. The molecule has 1 saturated heterocycles. The number of likely N-dealkylation sites (tertiary alicyclic amines) is 1. The molecule has 2 fully saturated rings. The highest BCUT2D eigenvalue weighted by atomic mass is 79.9. The molecule has 1 aliphatic heterocycles. The standard InChI is InChI=1S/C27H27BrN4O4S/c1-15-19(3-2-4-23(15)28)27-30-24-11-21-16(5-8-20(21)22(12-29)25(24)36-27)13-32-10-9-17(14-32)26(33)31-37(34,35)18-6-7-18/h2-4,11,16-18H,5-10,13-14H2,1H3,(H,31,33)/t16?,17-/m1/s1. The van der Waals surface area contributed by atoms with Crippen LogP contribution in [0.4, 0.5) is 0 Å². The molecule has 0 radical (unpaired) electrons. The van der Waals surface area contributed by atoms with Crippen LogP contribution < -0.4 is 4.72 Å². The Balaban J connectivity index is 1.22. The van der Waals surface area contributed by atoms with Gasteiger partial charge in [-0.25, -0.2) is 13.4 Å². The molecule has 2 heterocycles. The van der Waals surface area contributed by atoms with Gasteiger partial charge in [-0.3, -0.25) is 9.52 Å². The van der Waals surface area contributed by atoms with Crippen LogP contribution in [0.2, 0.25) is 0 Å². The van der Waals surface area contributed by atoms with E-state index in [1.807, 2.05) is 25.1 Å². The van der Waals surface area contributed by atoms with Crippen molar-refractivity contribution in [3.8, 4) is 17.5 Å². The van der Waals surface area contributed by atoms with E-state index in [0.29, 0.717) is 48.4 Å². The minimum atomic E-state index is -3.52. The maximum Gasteiger partial charge on any atom is 0.237 e. The van der Waals surface area contributed by atoms with E-state index in [4.69, 9.17) is 9.40 Å². The molecule has 1 aromatic heterocycles. The Morgan fingerprint density at radius 3 is 2.86 bits per heavy atom. The summed E-state index contributed by atoms with van der Waals surface area (Å²) in [6, 6.07) is 10.3. The van der Waals surface area contributed by atoms with Crippen LogP contribution in [0.25, 0.3) is 22.6 Å². The van der Waals surface area contributed by atoms with E-state index in [9.17, 15) is 18.5 Å². The normalized spacial score (nSPS) is 21.8. The first-order valence-corrected chi connectivity index (χ1v) is 15.0. The van der Waals surface area contributed by atoms with Gasteiger partial charge in [0, 0.05) is 23.1 Å². The number of aromatic nitrogens is 1. The van der Waals surface area contributed by atoms with Gasteiger partial charge in [-0.1, -0.05) is 22.0 Å². The second-order valence-electron chi connectivity index (χ2n) is 10.4. The molecule has 10 heteroatoms. The van der Waals surface area contributed by atoms with E-state index >= 15 is 0 Å². The van der Waals surface area contributed by atoms with Crippen molar-refractivity contribution in [3.63, 3.8) is 0 Å². The largest absolute Gasteiger partial charge is 0.435 e. The summed E-state index contributed by atoms with van der Waals surface area (Å²) in [5, 5.41) is 9.63. The summed E-state index contributed by atoms with van der Waals surface area (Å²) in [6.07, 6.45) is 3.62. The summed E-state index contributed by atoms with van der Waals surface area (Å²) in [5.74, 6) is 0.0158. The first-order valence-electron chi connectivity index (χ1n) is 12.6. The van der Waals surface area contributed by atoms with Crippen LogP contribution in [-0.2, 0) is 21.2 Å². The van der Waals surface area contributed by atoms with Gasteiger partial charge < -0.3 is 9.32 Å². The highest BCUT2D eigenvalue weighted by Crippen LogP contribution is 2.41. The van der Waals surface area contributed by atoms with Crippen LogP contribution >= 0.6 is 15.9 Å². The van der Waals surface area contributed by atoms with E-state index in [0.717, 1.165) is 52.7 Å². The molecule has 3 aliphatic rings. The quantitative estimate of drug-likeness (QED) is 0.458. The lowest BCUT2D eigenvalue weighted by Gasteiger charge is -2.21. The lowest BCUT2D eigenvalue weighted by Crippen LogP contribution is -2.39. The summed E-state index contributed by atoms with van der Waals surface area (Å²) < 4.78 is 33.7. The topological polar surface area (TPSA) is 116 Å². The van der Waals surface area contributed by atoms with Crippen molar-refractivity contribution in [2.24, 2.45) is 5.92 Å². The Morgan fingerprint density at radius 2 is 2.11 bits per heavy atom. The number of nitriles is 1. The summed E-state index contributed by atoms with van der Waals surface area (Å²) in [4.78, 5) is 19.6. The third-order valence-electron chi connectivity index (χ3n) is 7.94. The third kappa shape index (κ3) is 4.47. The molecule has 0 spiro atoms. The van der Waals surface area contributed by atoms with Crippen molar-refractivity contribution < 1.29 is 17.6 Å².